The van der Waals surface area contributed by atoms with E-state index in [9.17, 15) is 9.59 Å². The molecule has 1 saturated heterocycles. The SMILES string of the molecule is O=C(NN1C(=O)C(=Cc2ccncc2)SC1=S)c1ccc(Cl)cc1Cl. The minimum Gasteiger partial charge on any atom is -0.267 e. The van der Waals surface area contributed by atoms with E-state index in [2.05, 4.69) is 10.4 Å². The molecule has 0 spiro atoms. The number of nitrogens with zero attached hydrogens (tertiary/aromatic N) is 2. The zero-order valence-electron chi connectivity index (χ0n) is 12.4. The van der Waals surface area contributed by atoms with Crippen LogP contribution >= 0.6 is 47.2 Å². The average molecular weight is 410 g/mol. The normalized spacial score (nSPS) is 15.8. The number of benzene rings is 1. The number of pyridine rings is 1. The highest BCUT2D eigenvalue weighted by Gasteiger charge is 2.34. The van der Waals surface area contributed by atoms with Crippen LogP contribution in [-0.2, 0) is 4.79 Å². The number of carbonyl (C=O) groups is 2. The smallest absolute Gasteiger partial charge is 0.267 e. The highest BCUT2D eigenvalue weighted by molar-refractivity contribution is 8.26. The van der Waals surface area contributed by atoms with Crippen molar-refractivity contribution in [2.75, 3.05) is 0 Å². The Hall–Kier alpha value is -1.93. The van der Waals surface area contributed by atoms with Gasteiger partial charge in [-0.05, 0) is 54.2 Å². The van der Waals surface area contributed by atoms with Crippen molar-refractivity contribution in [3.63, 3.8) is 0 Å². The van der Waals surface area contributed by atoms with Gasteiger partial charge < -0.3 is 0 Å². The lowest BCUT2D eigenvalue weighted by molar-refractivity contribution is -0.123. The van der Waals surface area contributed by atoms with Gasteiger partial charge in [-0.25, -0.2) is 0 Å². The lowest BCUT2D eigenvalue weighted by Crippen LogP contribution is -2.44. The molecule has 2 amide bonds. The van der Waals surface area contributed by atoms with Gasteiger partial charge in [-0.1, -0.05) is 35.0 Å². The molecule has 0 aliphatic carbocycles. The number of rotatable bonds is 3. The first kappa shape index (κ1) is 17.9. The van der Waals surface area contributed by atoms with E-state index in [0.29, 0.717) is 9.93 Å². The predicted octanol–water partition coefficient (Wildman–Crippen LogP) is 3.93. The molecule has 0 atom stereocenters. The number of nitrogens with one attached hydrogen (secondary N) is 1. The maximum Gasteiger partial charge on any atom is 0.285 e. The van der Waals surface area contributed by atoms with Crippen molar-refractivity contribution < 1.29 is 9.59 Å². The third-order valence-electron chi connectivity index (χ3n) is 3.19. The van der Waals surface area contributed by atoms with Gasteiger partial charge in [0.2, 0.25) is 0 Å². The molecule has 1 fully saturated rings. The summed E-state index contributed by atoms with van der Waals surface area (Å²) in [6.07, 6.45) is 4.93. The highest BCUT2D eigenvalue weighted by atomic mass is 35.5. The van der Waals surface area contributed by atoms with Gasteiger partial charge in [-0.2, -0.15) is 5.01 Å². The quantitative estimate of drug-likeness (QED) is 0.614. The summed E-state index contributed by atoms with van der Waals surface area (Å²) in [6.45, 7) is 0. The lowest BCUT2D eigenvalue weighted by Gasteiger charge is -2.16. The molecule has 0 bridgehead atoms. The van der Waals surface area contributed by atoms with Crippen LogP contribution in [0.15, 0.2) is 47.6 Å². The standard InChI is InChI=1S/C16H9Cl2N3O2S2/c17-10-1-2-11(12(18)8-10)14(22)20-21-15(23)13(25-16(21)24)7-9-3-5-19-6-4-9/h1-8H,(H,20,22). The predicted molar refractivity (Wildman–Crippen MR) is 103 cm³/mol. The van der Waals surface area contributed by atoms with Crippen LogP contribution in [0.25, 0.3) is 6.08 Å². The van der Waals surface area contributed by atoms with Crippen LogP contribution in [0.3, 0.4) is 0 Å². The second-order valence-corrected chi connectivity index (χ2v) is 7.38. The zero-order valence-corrected chi connectivity index (χ0v) is 15.5. The average Bonchev–Trinajstić information content (AvgIpc) is 2.83. The number of hydrazine groups is 1. The molecule has 1 aromatic heterocycles. The lowest BCUT2D eigenvalue weighted by atomic mass is 10.2. The van der Waals surface area contributed by atoms with E-state index in [-0.39, 0.29) is 14.9 Å². The summed E-state index contributed by atoms with van der Waals surface area (Å²) in [5.74, 6) is -0.964. The molecular formula is C16H9Cl2N3O2S2. The number of aromatic nitrogens is 1. The second-order valence-electron chi connectivity index (χ2n) is 4.86. The van der Waals surface area contributed by atoms with Crippen molar-refractivity contribution in [2.45, 2.75) is 0 Å². The zero-order chi connectivity index (χ0) is 18.0. The van der Waals surface area contributed by atoms with Gasteiger partial charge in [0, 0.05) is 17.4 Å². The molecule has 1 aliphatic rings. The molecule has 2 aromatic rings. The molecule has 1 aliphatic heterocycles. The minimum atomic E-state index is -0.553. The Bertz CT molecular complexity index is 904. The third kappa shape index (κ3) is 4.01. The Kier molecular flexibility index (Phi) is 5.39. The molecule has 0 radical (unpaired) electrons. The van der Waals surface area contributed by atoms with Crippen LogP contribution in [0.1, 0.15) is 15.9 Å². The van der Waals surface area contributed by atoms with Crippen LogP contribution in [-0.4, -0.2) is 26.1 Å². The highest BCUT2D eigenvalue weighted by Crippen LogP contribution is 2.31. The van der Waals surface area contributed by atoms with Crippen molar-refractivity contribution in [3.05, 3.63) is 68.8 Å². The fourth-order valence-corrected chi connectivity index (χ4v) is 3.68. The Morgan fingerprint density at radius 2 is 1.96 bits per heavy atom. The van der Waals surface area contributed by atoms with E-state index in [1.165, 1.54) is 18.2 Å². The van der Waals surface area contributed by atoms with Crippen LogP contribution in [0.2, 0.25) is 10.0 Å². The number of carbonyl (C=O) groups excluding carboxylic acids is 2. The number of halogens is 2. The van der Waals surface area contributed by atoms with Crippen molar-refractivity contribution in [1.82, 2.24) is 15.4 Å². The third-order valence-corrected chi connectivity index (χ3v) is 5.04. The van der Waals surface area contributed by atoms with Gasteiger partial charge in [0.05, 0.1) is 15.5 Å². The second kappa shape index (κ2) is 7.53. The molecule has 1 aromatic carbocycles. The molecule has 0 unspecified atom stereocenters. The number of thiocarbonyl (C=S) groups is 1. The van der Waals surface area contributed by atoms with Gasteiger partial charge in [0.1, 0.15) is 0 Å². The monoisotopic (exact) mass is 409 g/mol. The Labute approximate surface area is 163 Å². The summed E-state index contributed by atoms with van der Waals surface area (Å²) in [5, 5.41) is 1.62. The van der Waals surface area contributed by atoms with E-state index in [0.717, 1.165) is 22.3 Å². The molecule has 9 heteroatoms. The van der Waals surface area contributed by atoms with Crippen molar-refractivity contribution in [1.29, 1.82) is 0 Å². The Balaban J connectivity index is 1.79. The van der Waals surface area contributed by atoms with E-state index in [4.69, 9.17) is 35.4 Å². The van der Waals surface area contributed by atoms with Gasteiger partial charge in [-0.3, -0.25) is 20.0 Å². The van der Waals surface area contributed by atoms with Gasteiger partial charge >= 0.3 is 0 Å². The molecule has 126 valence electrons. The Morgan fingerprint density at radius 1 is 1.24 bits per heavy atom. The van der Waals surface area contributed by atoms with Crippen molar-refractivity contribution in [3.8, 4) is 0 Å². The van der Waals surface area contributed by atoms with Gasteiger partial charge in [0.15, 0.2) is 4.32 Å². The molecule has 5 nitrogen and oxygen atoms in total. The summed E-state index contributed by atoms with van der Waals surface area (Å²) in [4.78, 5) is 29.2. The van der Waals surface area contributed by atoms with Crippen molar-refractivity contribution in [2.24, 2.45) is 0 Å². The van der Waals surface area contributed by atoms with E-state index < -0.39 is 11.8 Å². The molecular weight excluding hydrogens is 401 g/mol. The minimum absolute atomic E-state index is 0.183. The van der Waals surface area contributed by atoms with E-state index in [1.807, 2.05) is 0 Å². The molecule has 3 rings (SSSR count). The first-order valence-corrected chi connectivity index (χ1v) is 8.88. The Morgan fingerprint density at radius 3 is 2.64 bits per heavy atom. The topological polar surface area (TPSA) is 62.3 Å². The molecule has 1 N–H and O–H groups in total. The molecule has 25 heavy (non-hydrogen) atoms. The van der Waals surface area contributed by atoms with Crippen LogP contribution < -0.4 is 5.43 Å². The molecule has 2 heterocycles. The number of hydrogen-bond acceptors (Lipinski definition) is 5. The maximum absolute atomic E-state index is 12.5. The summed E-state index contributed by atoms with van der Waals surface area (Å²) >= 11 is 18.1. The first-order chi connectivity index (χ1) is 12.0. The van der Waals surface area contributed by atoms with Crippen LogP contribution in [0.4, 0.5) is 0 Å². The van der Waals surface area contributed by atoms with Crippen LogP contribution in [0.5, 0.6) is 0 Å². The summed E-state index contributed by atoms with van der Waals surface area (Å²) < 4.78 is 0.226. The van der Waals surface area contributed by atoms with Gasteiger partial charge in [0.25, 0.3) is 11.8 Å². The summed E-state index contributed by atoms with van der Waals surface area (Å²) in [6, 6.07) is 7.99. The number of hydrogen-bond donors (Lipinski definition) is 1. The fourth-order valence-electron chi connectivity index (χ4n) is 2.01. The van der Waals surface area contributed by atoms with Gasteiger partial charge in [-0.15, -0.1) is 0 Å². The number of thioether (sulfide) groups is 1. The number of amides is 2. The summed E-state index contributed by atoms with van der Waals surface area (Å²) in [5.41, 5.74) is 3.47. The first-order valence-electron chi connectivity index (χ1n) is 6.90. The largest absolute Gasteiger partial charge is 0.285 e. The van der Waals surface area contributed by atoms with Crippen LogP contribution in [0, 0.1) is 0 Å². The molecule has 0 saturated carbocycles. The van der Waals surface area contributed by atoms with E-state index in [1.54, 1.807) is 30.6 Å². The fraction of sp³-hybridized carbons (Fsp3) is 0. The van der Waals surface area contributed by atoms with E-state index >= 15 is 0 Å². The maximum atomic E-state index is 12.5. The summed E-state index contributed by atoms with van der Waals surface area (Å²) in [7, 11) is 0. The van der Waals surface area contributed by atoms with Crippen molar-refractivity contribution >= 4 is 69.4 Å².